The Morgan fingerprint density at radius 1 is 1.35 bits per heavy atom. The van der Waals surface area contributed by atoms with Crippen LogP contribution >= 0.6 is 11.8 Å². The van der Waals surface area contributed by atoms with Crippen LogP contribution in [0.3, 0.4) is 0 Å². The number of aryl methyl sites for hydroxylation is 1. The van der Waals surface area contributed by atoms with Gasteiger partial charge in [-0.05, 0) is 37.8 Å². The van der Waals surface area contributed by atoms with E-state index < -0.39 is 0 Å². The number of hydrogen-bond acceptors (Lipinski definition) is 3. The zero-order valence-corrected chi connectivity index (χ0v) is 14.8. The van der Waals surface area contributed by atoms with Crippen LogP contribution in [0.2, 0.25) is 0 Å². The van der Waals surface area contributed by atoms with E-state index in [0.717, 1.165) is 38.3 Å². The first kappa shape index (κ1) is 18.1. The second kappa shape index (κ2) is 9.78. The molecule has 0 bridgehead atoms. The van der Waals surface area contributed by atoms with E-state index in [-0.39, 0.29) is 5.91 Å². The van der Waals surface area contributed by atoms with Gasteiger partial charge in [0, 0.05) is 36.8 Å². The minimum atomic E-state index is 0.287. The summed E-state index contributed by atoms with van der Waals surface area (Å²) in [5.41, 5.74) is 1.27. The summed E-state index contributed by atoms with van der Waals surface area (Å²) in [5, 5.41) is 0. The number of benzene rings is 1. The average molecular weight is 333 g/mol. The Labute approximate surface area is 144 Å². The third-order valence-electron chi connectivity index (χ3n) is 4.16. The Hall–Kier alpha value is -1.26. The molecule has 0 unspecified atom stereocenters. The fourth-order valence-corrected chi connectivity index (χ4v) is 3.56. The number of hydrogen-bond donors (Lipinski definition) is 0. The predicted molar refractivity (Wildman–Crippen MR) is 96.8 cm³/mol. The highest BCUT2D eigenvalue weighted by molar-refractivity contribution is 7.99. The lowest BCUT2D eigenvalue weighted by molar-refractivity contribution is -0.132. The third kappa shape index (κ3) is 6.40. The normalized spacial score (nSPS) is 15.6. The Balaban J connectivity index is 1.63. The molecule has 0 aliphatic carbocycles. The highest BCUT2D eigenvalue weighted by atomic mass is 32.2. The zero-order valence-electron chi connectivity index (χ0n) is 14.0. The third-order valence-corrected chi connectivity index (χ3v) is 5.18. The highest BCUT2D eigenvalue weighted by Crippen LogP contribution is 2.21. The van der Waals surface area contributed by atoms with Crippen molar-refractivity contribution in [3.8, 4) is 0 Å². The minimum Gasteiger partial charge on any atom is -0.377 e. The van der Waals surface area contributed by atoms with Gasteiger partial charge in [-0.1, -0.05) is 23.8 Å². The maximum absolute atomic E-state index is 12.3. The van der Waals surface area contributed by atoms with Crippen LogP contribution in [0.25, 0.3) is 0 Å². The van der Waals surface area contributed by atoms with Gasteiger partial charge in [0.25, 0.3) is 0 Å². The number of carbonyl (C=O) groups excluding carboxylic acids is 1. The molecular formula is C19H27NO2S. The molecule has 1 aliphatic heterocycles. The predicted octanol–water partition coefficient (Wildman–Crippen LogP) is 3.92. The van der Waals surface area contributed by atoms with E-state index in [1.165, 1.54) is 10.5 Å². The minimum absolute atomic E-state index is 0.287. The number of rotatable bonds is 8. The molecule has 0 aromatic heterocycles. The monoisotopic (exact) mass is 333 g/mol. The van der Waals surface area contributed by atoms with E-state index in [9.17, 15) is 4.79 Å². The van der Waals surface area contributed by atoms with Crippen LogP contribution in [0.15, 0.2) is 41.8 Å². The molecule has 4 heteroatoms. The lowest BCUT2D eigenvalue weighted by Crippen LogP contribution is -2.39. The summed E-state index contributed by atoms with van der Waals surface area (Å²) in [7, 11) is 0. The van der Waals surface area contributed by atoms with Crippen molar-refractivity contribution < 1.29 is 9.53 Å². The van der Waals surface area contributed by atoms with Crippen LogP contribution < -0.4 is 0 Å². The SMILES string of the molecule is C=CCOCC1CCN(C(=O)CCSc2ccc(C)cc2)CC1. The molecule has 1 fully saturated rings. The molecular weight excluding hydrogens is 306 g/mol. The lowest BCUT2D eigenvalue weighted by Gasteiger charge is -2.31. The average Bonchev–Trinajstić information content (AvgIpc) is 2.57. The molecule has 1 aromatic carbocycles. The Morgan fingerprint density at radius 2 is 2.04 bits per heavy atom. The van der Waals surface area contributed by atoms with Crippen LogP contribution in [0.5, 0.6) is 0 Å². The number of piperidine rings is 1. The zero-order chi connectivity index (χ0) is 16.5. The van der Waals surface area contributed by atoms with Gasteiger partial charge in [-0.3, -0.25) is 4.79 Å². The van der Waals surface area contributed by atoms with E-state index in [4.69, 9.17) is 4.74 Å². The maximum atomic E-state index is 12.3. The summed E-state index contributed by atoms with van der Waals surface area (Å²) >= 11 is 1.76. The summed E-state index contributed by atoms with van der Waals surface area (Å²) in [4.78, 5) is 15.5. The first-order chi connectivity index (χ1) is 11.2. The van der Waals surface area contributed by atoms with Crippen molar-refractivity contribution in [2.45, 2.75) is 31.1 Å². The summed E-state index contributed by atoms with van der Waals surface area (Å²) in [6, 6.07) is 8.48. The summed E-state index contributed by atoms with van der Waals surface area (Å²) in [6.45, 7) is 8.89. The number of amides is 1. The first-order valence-electron chi connectivity index (χ1n) is 8.35. The van der Waals surface area contributed by atoms with Gasteiger partial charge in [-0.25, -0.2) is 0 Å². The van der Waals surface area contributed by atoms with Crippen LogP contribution in [-0.2, 0) is 9.53 Å². The van der Waals surface area contributed by atoms with Crippen LogP contribution in [-0.4, -0.2) is 42.9 Å². The van der Waals surface area contributed by atoms with Gasteiger partial charge in [0.2, 0.25) is 5.91 Å². The first-order valence-corrected chi connectivity index (χ1v) is 9.33. The van der Waals surface area contributed by atoms with E-state index in [0.29, 0.717) is 18.9 Å². The molecule has 1 saturated heterocycles. The molecule has 1 heterocycles. The quantitative estimate of drug-likeness (QED) is 0.410. The number of ether oxygens (including phenoxy) is 1. The van der Waals surface area contributed by atoms with Crippen molar-refractivity contribution >= 4 is 17.7 Å². The van der Waals surface area contributed by atoms with Gasteiger partial charge in [-0.15, -0.1) is 18.3 Å². The lowest BCUT2D eigenvalue weighted by atomic mass is 9.97. The number of nitrogens with zero attached hydrogens (tertiary/aromatic N) is 1. The van der Waals surface area contributed by atoms with Gasteiger partial charge in [-0.2, -0.15) is 0 Å². The molecule has 2 rings (SSSR count). The molecule has 0 N–H and O–H groups in total. The van der Waals surface area contributed by atoms with Crippen molar-refractivity contribution in [2.75, 3.05) is 32.1 Å². The molecule has 1 amide bonds. The van der Waals surface area contributed by atoms with Crippen LogP contribution in [0.1, 0.15) is 24.8 Å². The molecule has 1 aromatic rings. The van der Waals surface area contributed by atoms with E-state index in [2.05, 4.69) is 37.8 Å². The van der Waals surface area contributed by atoms with Gasteiger partial charge < -0.3 is 9.64 Å². The molecule has 3 nitrogen and oxygen atoms in total. The largest absolute Gasteiger partial charge is 0.377 e. The highest BCUT2D eigenvalue weighted by Gasteiger charge is 2.22. The fourth-order valence-electron chi connectivity index (χ4n) is 2.72. The van der Waals surface area contributed by atoms with Crippen molar-refractivity contribution in [1.82, 2.24) is 4.90 Å². The van der Waals surface area contributed by atoms with E-state index >= 15 is 0 Å². The summed E-state index contributed by atoms with van der Waals surface area (Å²) in [6.07, 6.45) is 4.50. The molecule has 1 aliphatic rings. The summed E-state index contributed by atoms with van der Waals surface area (Å²) < 4.78 is 5.52. The second-order valence-electron chi connectivity index (χ2n) is 6.06. The maximum Gasteiger partial charge on any atom is 0.223 e. The topological polar surface area (TPSA) is 29.5 Å². The molecule has 23 heavy (non-hydrogen) atoms. The Morgan fingerprint density at radius 3 is 2.70 bits per heavy atom. The van der Waals surface area contributed by atoms with Crippen LogP contribution in [0.4, 0.5) is 0 Å². The van der Waals surface area contributed by atoms with Gasteiger partial charge in [0.15, 0.2) is 0 Å². The van der Waals surface area contributed by atoms with Gasteiger partial charge in [0.05, 0.1) is 6.61 Å². The van der Waals surface area contributed by atoms with Crippen molar-refractivity contribution in [2.24, 2.45) is 5.92 Å². The Bertz CT molecular complexity index is 493. The fraction of sp³-hybridized carbons (Fsp3) is 0.526. The number of thioether (sulfide) groups is 1. The van der Waals surface area contributed by atoms with Crippen molar-refractivity contribution in [3.63, 3.8) is 0 Å². The van der Waals surface area contributed by atoms with Crippen molar-refractivity contribution in [3.05, 3.63) is 42.5 Å². The molecule has 0 spiro atoms. The molecule has 0 saturated carbocycles. The number of carbonyl (C=O) groups is 1. The van der Waals surface area contributed by atoms with Crippen molar-refractivity contribution in [1.29, 1.82) is 0 Å². The molecule has 0 radical (unpaired) electrons. The Kier molecular flexibility index (Phi) is 7.69. The van der Waals surface area contributed by atoms with Crippen LogP contribution in [0, 0.1) is 12.8 Å². The van der Waals surface area contributed by atoms with E-state index in [1.54, 1.807) is 17.8 Å². The molecule has 0 atom stereocenters. The summed E-state index contributed by atoms with van der Waals surface area (Å²) in [5.74, 6) is 1.72. The van der Waals surface area contributed by atoms with E-state index in [1.807, 2.05) is 4.90 Å². The smallest absolute Gasteiger partial charge is 0.223 e. The van der Waals surface area contributed by atoms with Gasteiger partial charge >= 0.3 is 0 Å². The standard InChI is InChI=1S/C19H27NO2S/c1-3-13-22-15-17-8-11-20(12-9-17)19(21)10-14-23-18-6-4-16(2)5-7-18/h3-7,17H,1,8-15H2,2H3. The van der Waals surface area contributed by atoms with Gasteiger partial charge in [0.1, 0.15) is 0 Å². The molecule has 126 valence electrons. The number of likely N-dealkylation sites (tertiary alicyclic amines) is 1. The second-order valence-corrected chi connectivity index (χ2v) is 7.23.